The second kappa shape index (κ2) is 8.14. The quantitative estimate of drug-likeness (QED) is 0.644. The molecule has 1 aromatic carbocycles. The van der Waals surface area contributed by atoms with Crippen LogP contribution in [-0.4, -0.2) is 6.54 Å². The first-order valence-electron chi connectivity index (χ1n) is 10.4. The number of benzene rings is 1. The van der Waals surface area contributed by atoms with Gasteiger partial charge in [0.2, 0.25) is 5.69 Å². The molecular formula is C25H31N3+2. The third-order valence-corrected chi connectivity index (χ3v) is 6.02. The van der Waals surface area contributed by atoms with E-state index in [0.717, 1.165) is 12.5 Å². The number of pyridine rings is 2. The lowest BCUT2D eigenvalue weighted by molar-refractivity contribution is -0.671. The summed E-state index contributed by atoms with van der Waals surface area (Å²) in [6, 6.07) is 13.3. The minimum atomic E-state index is 0.849. The Labute approximate surface area is 168 Å². The topological polar surface area (TPSA) is 19.8 Å². The van der Waals surface area contributed by atoms with Crippen molar-refractivity contribution in [3.05, 3.63) is 72.3 Å². The summed E-state index contributed by atoms with van der Waals surface area (Å²) in [5.41, 5.74) is 7.61. The number of aromatic nitrogens is 2. The molecule has 1 aliphatic carbocycles. The van der Waals surface area contributed by atoms with Crippen molar-refractivity contribution >= 4 is 5.69 Å². The Kier molecular flexibility index (Phi) is 5.43. The molecule has 0 spiro atoms. The van der Waals surface area contributed by atoms with Crippen LogP contribution in [0.15, 0.2) is 61.2 Å². The summed E-state index contributed by atoms with van der Waals surface area (Å²) in [7, 11) is 2.04. The van der Waals surface area contributed by atoms with E-state index >= 15 is 0 Å². The highest BCUT2D eigenvalue weighted by Gasteiger charge is 2.17. The molecule has 3 aromatic rings. The number of nitrogens with zero attached hydrogens (tertiary/aromatic N) is 2. The second-order valence-corrected chi connectivity index (χ2v) is 8.23. The van der Waals surface area contributed by atoms with Crippen LogP contribution in [-0.2, 0) is 7.05 Å². The standard InChI is InChI=1S/C25H30N3/c1-19-17-25(20(2)16-24(19)26-18-21-6-4-5-7-21)28-14-10-23(11-15-28)22-8-12-27(3)13-9-22/h8-17,21H,4-7,18H2,1-3H3/q+1/p+1. The highest BCUT2D eigenvalue weighted by atomic mass is 14.9. The normalized spacial score (nSPS) is 14.4. The molecule has 0 unspecified atom stereocenters. The van der Waals surface area contributed by atoms with Gasteiger partial charge in [0, 0.05) is 48.1 Å². The zero-order valence-corrected chi connectivity index (χ0v) is 17.3. The molecular weight excluding hydrogens is 342 g/mol. The Hall–Kier alpha value is -2.68. The van der Waals surface area contributed by atoms with Gasteiger partial charge < -0.3 is 5.32 Å². The van der Waals surface area contributed by atoms with Crippen LogP contribution in [0.1, 0.15) is 36.8 Å². The Morgan fingerprint density at radius 2 is 1.46 bits per heavy atom. The minimum Gasteiger partial charge on any atom is -0.385 e. The SMILES string of the molecule is Cc1cc(-[n+]2ccc(-c3cc[n+](C)cc3)cc2)c(C)cc1NCC1CCCC1. The monoisotopic (exact) mass is 373 g/mol. The molecule has 0 saturated heterocycles. The minimum absolute atomic E-state index is 0.849. The lowest BCUT2D eigenvalue weighted by Gasteiger charge is -2.15. The number of rotatable bonds is 5. The molecule has 0 amide bonds. The lowest BCUT2D eigenvalue weighted by atomic mass is 10.1. The van der Waals surface area contributed by atoms with Crippen molar-refractivity contribution in [3.63, 3.8) is 0 Å². The number of aryl methyl sites for hydroxylation is 3. The predicted octanol–water partition coefficient (Wildman–Crippen LogP) is 4.67. The summed E-state index contributed by atoms with van der Waals surface area (Å²) in [5.74, 6) is 0.849. The van der Waals surface area contributed by atoms with Crippen molar-refractivity contribution < 1.29 is 9.13 Å². The first kappa shape index (κ1) is 18.7. The molecule has 2 aromatic heterocycles. The van der Waals surface area contributed by atoms with Crippen LogP contribution in [0.3, 0.4) is 0 Å². The Morgan fingerprint density at radius 1 is 0.857 bits per heavy atom. The van der Waals surface area contributed by atoms with E-state index in [1.807, 2.05) is 7.05 Å². The number of hydrogen-bond acceptors (Lipinski definition) is 1. The maximum Gasteiger partial charge on any atom is 0.213 e. The Balaban J connectivity index is 1.53. The van der Waals surface area contributed by atoms with Crippen LogP contribution in [0.5, 0.6) is 0 Å². The number of hydrogen-bond donors (Lipinski definition) is 1. The van der Waals surface area contributed by atoms with Crippen LogP contribution in [0.4, 0.5) is 5.69 Å². The van der Waals surface area contributed by atoms with E-state index in [1.165, 1.54) is 59.3 Å². The maximum absolute atomic E-state index is 3.70. The van der Waals surface area contributed by atoms with Crippen molar-refractivity contribution in [2.24, 2.45) is 13.0 Å². The molecule has 0 aliphatic heterocycles. The van der Waals surface area contributed by atoms with Crippen molar-refractivity contribution in [2.45, 2.75) is 39.5 Å². The molecule has 0 radical (unpaired) electrons. The molecule has 0 bridgehead atoms. The average molecular weight is 374 g/mol. The molecule has 1 fully saturated rings. The van der Waals surface area contributed by atoms with E-state index in [-0.39, 0.29) is 0 Å². The average Bonchev–Trinajstić information content (AvgIpc) is 3.23. The first-order valence-corrected chi connectivity index (χ1v) is 10.4. The fraction of sp³-hybridized carbons (Fsp3) is 0.360. The maximum atomic E-state index is 3.70. The van der Waals surface area contributed by atoms with Gasteiger partial charge in [0.15, 0.2) is 24.8 Å². The van der Waals surface area contributed by atoms with Crippen molar-refractivity contribution in [1.82, 2.24) is 0 Å². The van der Waals surface area contributed by atoms with Gasteiger partial charge in [-0.1, -0.05) is 12.8 Å². The van der Waals surface area contributed by atoms with Crippen LogP contribution in [0.2, 0.25) is 0 Å². The molecule has 2 heterocycles. The highest BCUT2D eigenvalue weighted by Crippen LogP contribution is 2.27. The van der Waals surface area contributed by atoms with E-state index in [1.54, 1.807) is 0 Å². The van der Waals surface area contributed by atoms with Gasteiger partial charge >= 0.3 is 0 Å². The summed E-state index contributed by atoms with van der Waals surface area (Å²) in [5, 5.41) is 3.70. The third kappa shape index (κ3) is 4.09. The van der Waals surface area contributed by atoms with E-state index in [4.69, 9.17) is 0 Å². The van der Waals surface area contributed by atoms with Crippen LogP contribution in [0, 0.1) is 19.8 Å². The number of nitrogens with one attached hydrogen (secondary N) is 1. The van der Waals surface area contributed by atoms with Crippen molar-refractivity contribution in [2.75, 3.05) is 11.9 Å². The van der Waals surface area contributed by atoms with E-state index in [9.17, 15) is 0 Å². The van der Waals surface area contributed by atoms with Gasteiger partial charge in [-0.15, -0.1) is 0 Å². The molecule has 3 nitrogen and oxygen atoms in total. The molecule has 1 saturated carbocycles. The Bertz CT molecular complexity index is 937. The van der Waals surface area contributed by atoms with Gasteiger partial charge in [0.05, 0.1) is 0 Å². The zero-order valence-electron chi connectivity index (χ0n) is 17.3. The van der Waals surface area contributed by atoms with Gasteiger partial charge in [0.1, 0.15) is 7.05 Å². The second-order valence-electron chi connectivity index (χ2n) is 8.23. The van der Waals surface area contributed by atoms with E-state index in [0.29, 0.717) is 0 Å². The molecule has 144 valence electrons. The van der Waals surface area contributed by atoms with E-state index < -0.39 is 0 Å². The van der Waals surface area contributed by atoms with Gasteiger partial charge in [-0.3, -0.25) is 0 Å². The molecule has 1 aliphatic rings. The van der Waals surface area contributed by atoms with Crippen molar-refractivity contribution in [3.8, 4) is 16.8 Å². The van der Waals surface area contributed by atoms with Crippen molar-refractivity contribution in [1.29, 1.82) is 0 Å². The summed E-state index contributed by atoms with van der Waals surface area (Å²) in [4.78, 5) is 0. The molecule has 28 heavy (non-hydrogen) atoms. The number of anilines is 1. The van der Waals surface area contributed by atoms with Gasteiger partial charge in [-0.25, -0.2) is 4.57 Å². The molecule has 0 atom stereocenters. The molecule has 4 rings (SSSR count). The predicted molar refractivity (Wildman–Crippen MR) is 115 cm³/mol. The Morgan fingerprint density at radius 3 is 2.11 bits per heavy atom. The van der Waals surface area contributed by atoms with Crippen LogP contribution in [0.25, 0.3) is 16.8 Å². The third-order valence-electron chi connectivity index (χ3n) is 6.02. The smallest absolute Gasteiger partial charge is 0.213 e. The van der Waals surface area contributed by atoms with Crippen LogP contribution < -0.4 is 14.5 Å². The summed E-state index contributed by atoms with van der Waals surface area (Å²) >= 11 is 0. The lowest BCUT2D eigenvalue weighted by Crippen LogP contribution is -2.30. The zero-order chi connectivity index (χ0) is 19.5. The van der Waals surface area contributed by atoms with Gasteiger partial charge in [0.25, 0.3) is 0 Å². The molecule has 3 heteroatoms. The fourth-order valence-electron chi connectivity index (χ4n) is 4.21. The van der Waals surface area contributed by atoms with E-state index in [2.05, 4.69) is 89.5 Å². The van der Waals surface area contributed by atoms with Gasteiger partial charge in [-0.2, -0.15) is 4.57 Å². The first-order chi connectivity index (χ1) is 13.6. The molecule has 1 N–H and O–H groups in total. The summed E-state index contributed by atoms with van der Waals surface area (Å²) in [6.07, 6.45) is 14.1. The van der Waals surface area contributed by atoms with Gasteiger partial charge in [-0.05, 0) is 55.4 Å². The summed E-state index contributed by atoms with van der Waals surface area (Å²) < 4.78 is 4.27. The largest absolute Gasteiger partial charge is 0.385 e. The summed E-state index contributed by atoms with van der Waals surface area (Å²) in [6.45, 7) is 5.52. The highest BCUT2D eigenvalue weighted by molar-refractivity contribution is 5.61. The fourth-order valence-corrected chi connectivity index (χ4v) is 4.21. The van der Waals surface area contributed by atoms with Crippen LogP contribution >= 0.6 is 0 Å².